The summed E-state index contributed by atoms with van der Waals surface area (Å²) in [6.45, 7) is 0. The zero-order chi connectivity index (χ0) is 20.4. The van der Waals surface area contributed by atoms with Crippen LogP contribution < -0.4 is 0 Å². The average molecular weight is 394 g/mol. The van der Waals surface area contributed by atoms with Crippen LogP contribution in [0, 0.1) is 0 Å². The predicted molar refractivity (Wildman–Crippen MR) is 132 cm³/mol. The van der Waals surface area contributed by atoms with Crippen LogP contribution in [0.4, 0.5) is 0 Å². The molecule has 2 heterocycles. The van der Waals surface area contributed by atoms with E-state index in [1.807, 2.05) is 18.3 Å². The predicted octanol–water partition coefficient (Wildman–Crippen LogP) is 7.84. The normalized spacial score (nSPS) is 11.9. The summed E-state index contributed by atoms with van der Waals surface area (Å²) in [5.41, 5.74) is 4.50. The number of H-pyrrole nitrogens is 1. The van der Waals surface area contributed by atoms with Crippen LogP contribution in [-0.2, 0) is 0 Å². The van der Waals surface area contributed by atoms with Gasteiger partial charge in [-0.1, -0.05) is 60.7 Å². The van der Waals surface area contributed by atoms with E-state index in [1.165, 1.54) is 54.1 Å². The monoisotopic (exact) mass is 394 g/mol. The molecule has 0 aliphatic heterocycles. The van der Waals surface area contributed by atoms with Gasteiger partial charge in [0, 0.05) is 33.6 Å². The highest BCUT2D eigenvalue weighted by Crippen LogP contribution is 2.39. The van der Waals surface area contributed by atoms with Crippen LogP contribution in [0.1, 0.15) is 0 Å². The zero-order valence-electron chi connectivity index (χ0n) is 16.8. The lowest BCUT2D eigenvalue weighted by molar-refractivity contribution is 1.33. The molecule has 31 heavy (non-hydrogen) atoms. The number of aromatic amines is 1. The molecule has 2 aromatic heterocycles. The van der Waals surface area contributed by atoms with Crippen molar-refractivity contribution >= 4 is 54.1 Å². The van der Waals surface area contributed by atoms with Crippen LogP contribution in [0.2, 0.25) is 0 Å². The molecular weight excluding hydrogens is 376 g/mol. The van der Waals surface area contributed by atoms with Gasteiger partial charge in [-0.2, -0.15) is 0 Å². The number of benzene rings is 5. The quantitative estimate of drug-likeness (QED) is 0.282. The molecule has 0 saturated carbocycles. The minimum absolute atomic E-state index is 1.000. The molecule has 7 rings (SSSR count). The van der Waals surface area contributed by atoms with Gasteiger partial charge in [0.1, 0.15) is 0 Å². The Hall–Kier alpha value is -4.17. The Bertz CT molecular complexity index is 1780. The van der Waals surface area contributed by atoms with E-state index >= 15 is 0 Å². The van der Waals surface area contributed by atoms with Gasteiger partial charge in [-0.25, -0.2) is 0 Å². The third-order valence-corrected chi connectivity index (χ3v) is 6.42. The lowest BCUT2D eigenvalue weighted by Crippen LogP contribution is -1.86. The summed E-state index contributed by atoms with van der Waals surface area (Å²) in [4.78, 5) is 8.17. The van der Waals surface area contributed by atoms with E-state index in [-0.39, 0.29) is 0 Å². The largest absolute Gasteiger partial charge is 0.354 e. The number of nitrogens with one attached hydrogen (secondary N) is 1. The first-order valence-corrected chi connectivity index (χ1v) is 10.6. The van der Waals surface area contributed by atoms with Crippen LogP contribution in [-0.4, -0.2) is 9.97 Å². The zero-order valence-corrected chi connectivity index (χ0v) is 16.8. The van der Waals surface area contributed by atoms with E-state index in [9.17, 15) is 0 Å². The Labute approximate surface area is 178 Å². The maximum absolute atomic E-state index is 4.56. The minimum Gasteiger partial charge on any atom is -0.354 e. The molecule has 0 aliphatic carbocycles. The third-order valence-electron chi connectivity index (χ3n) is 6.42. The topological polar surface area (TPSA) is 28.7 Å². The Morgan fingerprint density at radius 1 is 0.452 bits per heavy atom. The van der Waals surface area contributed by atoms with E-state index in [2.05, 4.69) is 94.9 Å². The number of hydrogen-bond donors (Lipinski definition) is 1. The van der Waals surface area contributed by atoms with E-state index in [0.29, 0.717) is 0 Å². The van der Waals surface area contributed by atoms with E-state index in [0.717, 1.165) is 11.3 Å². The van der Waals surface area contributed by atoms with Crippen LogP contribution in [0.5, 0.6) is 0 Å². The van der Waals surface area contributed by atoms with Crippen LogP contribution in [0.15, 0.2) is 103 Å². The van der Waals surface area contributed by atoms with Gasteiger partial charge in [0.2, 0.25) is 0 Å². The van der Waals surface area contributed by atoms with Gasteiger partial charge in [0.15, 0.2) is 0 Å². The molecule has 0 spiro atoms. The second-order valence-corrected chi connectivity index (χ2v) is 8.13. The van der Waals surface area contributed by atoms with Crippen molar-refractivity contribution in [2.75, 3.05) is 0 Å². The Kier molecular flexibility index (Phi) is 3.30. The molecular formula is C29H18N2. The molecule has 0 amide bonds. The lowest BCUT2D eigenvalue weighted by Gasteiger charge is -2.12. The summed E-state index contributed by atoms with van der Waals surface area (Å²) in [5.74, 6) is 0. The molecule has 5 aromatic carbocycles. The summed E-state index contributed by atoms with van der Waals surface area (Å²) >= 11 is 0. The van der Waals surface area contributed by atoms with E-state index < -0.39 is 0 Å². The van der Waals surface area contributed by atoms with Crippen molar-refractivity contribution in [1.82, 2.24) is 9.97 Å². The number of nitrogens with zero attached hydrogens (tertiary/aromatic N) is 1. The Morgan fingerprint density at radius 3 is 1.94 bits per heavy atom. The summed E-state index contributed by atoms with van der Waals surface area (Å²) in [6, 6.07) is 34.8. The van der Waals surface area contributed by atoms with Crippen molar-refractivity contribution in [3.8, 4) is 11.3 Å². The van der Waals surface area contributed by atoms with Gasteiger partial charge < -0.3 is 4.98 Å². The van der Waals surface area contributed by atoms with Crippen molar-refractivity contribution in [3.63, 3.8) is 0 Å². The molecule has 2 nitrogen and oxygen atoms in total. The molecule has 0 bridgehead atoms. The molecule has 1 N–H and O–H groups in total. The molecule has 0 fully saturated rings. The van der Waals surface area contributed by atoms with Gasteiger partial charge in [-0.15, -0.1) is 0 Å². The van der Waals surface area contributed by atoms with Crippen molar-refractivity contribution in [1.29, 1.82) is 0 Å². The van der Waals surface area contributed by atoms with Gasteiger partial charge in [-0.3, -0.25) is 4.98 Å². The van der Waals surface area contributed by atoms with Crippen LogP contribution in [0.25, 0.3) is 65.4 Å². The molecule has 0 saturated heterocycles. The number of pyridine rings is 1. The number of rotatable bonds is 1. The van der Waals surface area contributed by atoms with Gasteiger partial charge in [0.05, 0.1) is 5.69 Å². The second-order valence-electron chi connectivity index (χ2n) is 8.13. The fourth-order valence-electron chi connectivity index (χ4n) is 4.99. The second kappa shape index (κ2) is 6.16. The van der Waals surface area contributed by atoms with Crippen molar-refractivity contribution in [2.45, 2.75) is 0 Å². The van der Waals surface area contributed by atoms with Crippen LogP contribution in [0.3, 0.4) is 0 Å². The fraction of sp³-hybridized carbons (Fsp3) is 0. The standard InChI is InChI=1S/C29H18N2/c1-2-8-20-19(7-1)23-15-18(27-10-5-6-14-30-27)12-13-21(23)25-17-29-26(16-24(20)25)22-9-3-4-11-28(22)31-29/h1-17,31H. The average Bonchev–Trinajstić information content (AvgIpc) is 3.21. The van der Waals surface area contributed by atoms with Gasteiger partial charge in [-0.05, 0) is 68.7 Å². The molecule has 0 unspecified atom stereocenters. The summed E-state index contributed by atoms with van der Waals surface area (Å²) in [6.07, 6.45) is 1.85. The number of para-hydroxylation sites is 1. The highest BCUT2D eigenvalue weighted by Gasteiger charge is 2.13. The molecule has 144 valence electrons. The molecule has 0 atom stereocenters. The van der Waals surface area contributed by atoms with Crippen LogP contribution >= 0.6 is 0 Å². The highest BCUT2D eigenvalue weighted by molar-refractivity contribution is 6.28. The number of aromatic nitrogens is 2. The fourth-order valence-corrected chi connectivity index (χ4v) is 4.99. The summed E-state index contributed by atoms with van der Waals surface area (Å²) in [5, 5.41) is 10.2. The molecule has 0 radical (unpaired) electrons. The minimum atomic E-state index is 1.000. The maximum Gasteiger partial charge on any atom is 0.0702 e. The first-order valence-electron chi connectivity index (χ1n) is 10.6. The van der Waals surface area contributed by atoms with E-state index in [4.69, 9.17) is 0 Å². The molecule has 0 aliphatic rings. The van der Waals surface area contributed by atoms with Crippen molar-refractivity contribution < 1.29 is 0 Å². The van der Waals surface area contributed by atoms with Gasteiger partial charge in [0.25, 0.3) is 0 Å². The van der Waals surface area contributed by atoms with Crippen molar-refractivity contribution in [3.05, 3.63) is 103 Å². The Balaban J connectivity index is 1.67. The SMILES string of the molecule is c1ccc(-c2ccc3c(c2)c2ccccc2c2cc4c(cc32)[nH]c2ccccc24)nc1. The first kappa shape index (κ1) is 16.6. The highest BCUT2D eigenvalue weighted by atomic mass is 14.7. The van der Waals surface area contributed by atoms with E-state index in [1.54, 1.807) is 0 Å². The summed E-state index contributed by atoms with van der Waals surface area (Å²) < 4.78 is 0. The lowest BCUT2D eigenvalue weighted by atomic mass is 9.92. The van der Waals surface area contributed by atoms with Gasteiger partial charge >= 0.3 is 0 Å². The third kappa shape index (κ3) is 2.36. The maximum atomic E-state index is 4.56. The summed E-state index contributed by atoms with van der Waals surface area (Å²) in [7, 11) is 0. The number of fused-ring (bicyclic) bond motifs is 9. The smallest absolute Gasteiger partial charge is 0.0702 e. The molecule has 2 heteroatoms. The Morgan fingerprint density at radius 2 is 1.13 bits per heavy atom. The van der Waals surface area contributed by atoms with Crippen molar-refractivity contribution in [2.24, 2.45) is 0 Å². The molecule has 7 aromatic rings. The first-order chi connectivity index (χ1) is 15.4. The number of hydrogen-bond acceptors (Lipinski definition) is 1.